The summed E-state index contributed by atoms with van der Waals surface area (Å²) in [4.78, 5) is 13.9. The van der Waals surface area contributed by atoms with Crippen LogP contribution in [0, 0.1) is 0 Å². The van der Waals surface area contributed by atoms with Crippen LogP contribution in [0.1, 0.15) is 29.9 Å². The molecule has 0 aromatic heterocycles. The summed E-state index contributed by atoms with van der Waals surface area (Å²) in [5.74, 6) is -0.344. The van der Waals surface area contributed by atoms with Crippen molar-refractivity contribution in [2.75, 3.05) is 13.1 Å². The van der Waals surface area contributed by atoms with Gasteiger partial charge in [-0.15, -0.1) is 0 Å². The molecule has 0 radical (unpaired) electrons. The molecule has 1 saturated heterocycles. The van der Waals surface area contributed by atoms with Gasteiger partial charge in [-0.3, -0.25) is 10.2 Å². The minimum atomic E-state index is -4.35. The largest absolute Gasteiger partial charge is 0.416 e. The summed E-state index contributed by atoms with van der Waals surface area (Å²) in [5.41, 5.74) is 8.09. The average Bonchev–Trinajstić information content (AvgIpc) is 3.08. The lowest BCUT2D eigenvalue weighted by molar-refractivity contribution is -0.138. The first-order chi connectivity index (χ1) is 11.0. The Labute approximate surface area is 131 Å². The monoisotopic (exact) mass is 326 g/mol. The average molecular weight is 326 g/mol. The Morgan fingerprint density at radius 2 is 1.87 bits per heavy atom. The molecule has 124 valence electrons. The van der Waals surface area contributed by atoms with Gasteiger partial charge in [-0.1, -0.05) is 18.2 Å². The van der Waals surface area contributed by atoms with Crippen LogP contribution in [-0.4, -0.2) is 23.9 Å². The highest BCUT2D eigenvalue weighted by Crippen LogP contribution is 2.38. The van der Waals surface area contributed by atoms with Crippen molar-refractivity contribution in [1.29, 1.82) is 0 Å². The SMILES string of the molecule is O=C(C1=CNNN1)N1CCC(c2ccccc2C(F)(F)F)CC1. The second-order valence-electron chi connectivity index (χ2n) is 5.60. The number of nitrogens with zero attached hydrogens (tertiary/aromatic N) is 1. The summed E-state index contributed by atoms with van der Waals surface area (Å²) in [7, 11) is 0. The maximum atomic E-state index is 13.1. The van der Waals surface area contributed by atoms with Crippen LogP contribution in [0.2, 0.25) is 0 Å². The molecule has 3 rings (SSSR count). The van der Waals surface area contributed by atoms with E-state index in [0.717, 1.165) is 6.07 Å². The van der Waals surface area contributed by atoms with Crippen LogP contribution in [0.3, 0.4) is 0 Å². The van der Waals surface area contributed by atoms with Gasteiger partial charge in [0.05, 0.1) is 5.56 Å². The van der Waals surface area contributed by atoms with Crippen LogP contribution in [0.25, 0.3) is 0 Å². The van der Waals surface area contributed by atoms with Crippen LogP contribution < -0.4 is 16.4 Å². The highest BCUT2D eigenvalue weighted by Gasteiger charge is 2.36. The lowest BCUT2D eigenvalue weighted by Gasteiger charge is -2.33. The van der Waals surface area contributed by atoms with Crippen molar-refractivity contribution in [3.05, 3.63) is 47.3 Å². The zero-order valence-electron chi connectivity index (χ0n) is 12.3. The van der Waals surface area contributed by atoms with Gasteiger partial charge in [-0.2, -0.15) is 18.7 Å². The normalized spacial score (nSPS) is 19.1. The van der Waals surface area contributed by atoms with Crippen LogP contribution in [0.4, 0.5) is 13.2 Å². The molecule has 1 amide bonds. The van der Waals surface area contributed by atoms with E-state index in [1.165, 1.54) is 12.3 Å². The molecule has 0 aliphatic carbocycles. The van der Waals surface area contributed by atoms with Crippen molar-refractivity contribution in [3.63, 3.8) is 0 Å². The molecule has 2 aliphatic heterocycles. The first-order valence-electron chi connectivity index (χ1n) is 7.39. The number of halogens is 3. The van der Waals surface area contributed by atoms with Gasteiger partial charge in [0.25, 0.3) is 5.91 Å². The number of benzene rings is 1. The smallest absolute Gasteiger partial charge is 0.337 e. The number of rotatable bonds is 2. The van der Waals surface area contributed by atoms with Gasteiger partial charge >= 0.3 is 6.18 Å². The molecule has 0 bridgehead atoms. The molecule has 5 nitrogen and oxygen atoms in total. The molecule has 1 aromatic carbocycles. The van der Waals surface area contributed by atoms with Crippen molar-refractivity contribution in [2.24, 2.45) is 0 Å². The lowest BCUT2D eigenvalue weighted by atomic mass is 9.86. The zero-order chi connectivity index (χ0) is 16.4. The molecule has 8 heteroatoms. The Morgan fingerprint density at radius 1 is 1.17 bits per heavy atom. The van der Waals surface area contributed by atoms with E-state index in [4.69, 9.17) is 0 Å². The third-order valence-electron chi connectivity index (χ3n) is 4.20. The number of hydrogen-bond donors (Lipinski definition) is 3. The number of hydrazine groups is 2. The predicted octanol–water partition coefficient (Wildman–Crippen LogP) is 1.87. The fourth-order valence-corrected chi connectivity index (χ4v) is 3.04. The number of nitrogens with one attached hydrogen (secondary N) is 3. The molecule has 0 unspecified atom stereocenters. The molecular weight excluding hydrogens is 309 g/mol. The van der Waals surface area contributed by atoms with Gasteiger partial charge in [0, 0.05) is 19.3 Å². The summed E-state index contributed by atoms with van der Waals surface area (Å²) >= 11 is 0. The van der Waals surface area contributed by atoms with Crippen LogP contribution in [0.15, 0.2) is 36.2 Å². The molecule has 3 N–H and O–H groups in total. The molecule has 1 aromatic rings. The van der Waals surface area contributed by atoms with Gasteiger partial charge in [0.1, 0.15) is 5.70 Å². The van der Waals surface area contributed by atoms with Gasteiger partial charge in [0.15, 0.2) is 0 Å². The molecule has 23 heavy (non-hydrogen) atoms. The standard InChI is InChI=1S/C15H17F3N4O/c16-15(17,18)12-4-2-1-3-11(12)10-5-7-22(8-6-10)14(23)13-9-19-21-20-13/h1-4,9-10,19-21H,5-8H2. The maximum absolute atomic E-state index is 13.1. The number of hydrogen-bond acceptors (Lipinski definition) is 4. The first-order valence-corrected chi connectivity index (χ1v) is 7.39. The Balaban J connectivity index is 1.69. The molecule has 2 aliphatic rings. The van der Waals surface area contributed by atoms with Gasteiger partial charge in [-0.25, -0.2) is 0 Å². The van der Waals surface area contributed by atoms with E-state index >= 15 is 0 Å². The maximum Gasteiger partial charge on any atom is 0.416 e. The van der Waals surface area contributed by atoms with E-state index in [9.17, 15) is 18.0 Å². The van der Waals surface area contributed by atoms with Crippen LogP contribution in [-0.2, 0) is 11.0 Å². The zero-order valence-corrected chi connectivity index (χ0v) is 12.3. The number of amides is 1. The number of carbonyl (C=O) groups excluding carboxylic acids is 1. The number of likely N-dealkylation sites (tertiary alicyclic amines) is 1. The minimum Gasteiger partial charge on any atom is -0.337 e. The number of piperidine rings is 1. The molecule has 0 spiro atoms. The topological polar surface area (TPSA) is 56.4 Å². The van der Waals surface area contributed by atoms with Crippen molar-refractivity contribution in [2.45, 2.75) is 24.9 Å². The van der Waals surface area contributed by atoms with Crippen LogP contribution >= 0.6 is 0 Å². The molecule has 1 fully saturated rings. The van der Waals surface area contributed by atoms with E-state index < -0.39 is 11.7 Å². The molecule has 0 atom stereocenters. The summed E-state index contributed by atoms with van der Waals surface area (Å²) in [6.45, 7) is 0.878. The van der Waals surface area contributed by atoms with Crippen molar-refractivity contribution in [3.8, 4) is 0 Å². The Hall–Kier alpha value is -2.22. The lowest BCUT2D eigenvalue weighted by Crippen LogP contribution is -2.42. The minimum absolute atomic E-state index is 0.162. The number of carbonyl (C=O) groups is 1. The fraction of sp³-hybridized carbons (Fsp3) is 0.400. The van der Waals surface area contributed by atoms with Gasteiger partial charge in [0.2, 0.25) is 0 Å². The van der Waals surface area contributed by atoms with Gasteiger partial charge in [-0.05, 0) is 30.4 Å². The van der Waals surface area contributed by atoms with Crippen molar-refractivity contribution < 1.29 is 18.0 Å². The summed E-state index contributed by atoms with van der Waals surface area (Å²) < 4.78 is 39.4. The van der Waals surface area contributed by atoms with Crippen molar-refractivity contribution in [1.82, 2.24) is 21.3 Å². The van der Waals surface area contributed by atoms with Crippen molar-refractivity contribution >= 4 is 5.91 Å². The second kappa shape index (κ2) is 6.11. The van der Waals surface area contributed by atoms with E-state index in [1.54, 1.807) is 17.0 Å². The fourth-order valence-electron chi connectivity index (χ4n) is 3.04. The van der Waals surface area contributed by atoms with Crippen LogP contribution in [0.5, 0.6) is 0 Å². The quantitative estimate of drug-likeness (QED) is 0.777. The summed E-state index contributed by atoms with van der Waals surface area (Å²) in [6, 6.07) is 5.70. The summed E-state index contributed by atoms with van der Waals surface area (Å²) in [5, 5.41) is 0. The van der Waals surface area contributed by atoms with E-state index in [1.807, 2.05) is 0 Å². The molecule has 0 saturated carbocycles. The third-order valence-corrected chi connectivity index (χ3v) is 4.20. The van der Waals surface area contributed by atoms with E-state index in [-0.39, 0.29) is 11.8 Å². The highest BCUT2D eigenvalue weighted by atomic mass is 19.4. The Morgan fingerprint density at radius 3 is 2.48 bits per heavy atom. The molecular formula is C15H17F3N4O. The number of alkyl halides is 3. The molecule has 2 heterocycles. The first kappa shape index (κ1) is 15.7. The second-order valence-corrected chi connectivity index (χ2v) is 5.60. The third kappa shape index (κ3) is 3.26. The van der Waals surface area contributed by atoms with E-state index in [0.29, 0.717) is 37.2 Å². The Kier molecular flexibility index (Phi) is 4.16. The Bertz CT molecular complexity index is 621. The highest BCUT2D eigenvalue weighted by molar-refractivity contribution is 5.93. The summed E-state index contributed by atoms with van der Waals surface area (Å²) in [6.07, 6.45) is -1.78. The van der Waals surface area contributed by atoms with Gasteiger partial charge < -0.3 is 10.3 Å². The van der Waals surface area contributed by atoms with E-state index in [2.05, 4.69) is 16.4 Å². The predicted molar refractivity (Wildman–Crippen MR) is 77.5 cm³/mol.